The first kappa shape index (κ1) is 15.8. The van der Waals surface area contributed by atoms with Crippen molar-refractivity contribution in [2.75, 3.05) is 6.54 Å². The normalized spacial score (nSPS) is 11.9. The number of para-hydroxylation sites is 1. The van der Waals surface area contributed by atoms with Gasteiger partial charge in [0, 0.05) is 12.2 Å². The van der Waals surface area contributed by atoms with Crippen LogP contribution in [0.1, 0.15) is 30.8 Å². The van der Waals surface area contributed by atoms with Gasteiger partial charge < -0.3 is 10.0 Å². The Labute approximate surface area is 129 Å². The first-order valence-corrected chi connectivity index (χ1v) is 7.16. The number of aliphatic carboxylic acids is 1. The van der Waals surface area contributed by atoms with Crippen LogP contribution in [0.2, 0.25) is 0 Å². The fraction of sp³-hybridized carbons (Fsp3) is 0.312. The van der Waals surface area contributed by atoms with Crippen molar-refractivity contribution in [1.29, 1.82) is 0 Å². The average molecular weight is 301 g/mol. The molecule has 1 unspecified atom stereocenters. The molecular weight excluding hydrogens is 282 g/mol. The van der Waals surface area contributed by atoms with Gasteiger partial charge >= 0.3 is 5.97 Å². The van der Waals surface area contributed by atoms with Gasteiger partial charge in [-0.2, -0.15) is 5.10 Å². The van der Waals surface area contributed by atoms with Crippen LogP contribution in [0.5, 0.6) is 0 Å². The molecule has 2 rings (SSSR count). The van der Waals surface area contributed by atoms with Crippen LogP contribution in [0.15, 0.2) is 42.6 Å². The lowest BCUT2D eigenvalue weighted by molar-refractivity contribution is -0.138. The van der Waals surface area contributed by atoms with Crippen LogP contribution >= 0.6 is 0 Å². The minimum Gasteiger partial charge on any atom is -0.480 e. The number of carboxylic acids is 1. The number of rotatable bonds is 6. The van der Waals surface area contributed by atoms with Gasteiger partial charge in [-0.05, 0) is 31.5 Å². The molecule has 0 spiro atoms. The largest absolute Gasteiger partial charge is 0.480 e. The molecule has 0 aliphatic heterocycles. The van der Waals surface area contributed by atoms with E-state index in [0.29, 0.717) is 6.42 Å². The van der Waals surface area contributed by atoms with Gasteiger partial charge in [-0.1, -0.05) is 25.1 Å². The molecule has 0 fully saturated rings. The van der Waals surface area contributed by atoms with E-state index in [1.165, 1.54) is 4.90 Å². The molecule has 6 heteroatoms. The summed E-state index contributed by atoms with van der Waals surface area (Å²) in [6.45, 7) is 3.41. The van der Waals surface area contributed by atoms with Crippen molar-refractivity contribution >= 4 is 11.9 Å². The summed E-state index contributed by atoms with van der Waals surface area (Å²) in [7, 11) is 0. The third-order valence-electron chi connectivity index (χ3n) is 3.52. The molecule has 6 nitrogen and oxygen atoms in total. The van der Waals surface area contributed by atoms with E-state index in [4.69, 9.17) is 5.11 Å². The molecule has 0 saturated carbocycles. The maximum atomic E-state index is 12.5. The monoisotopic (exact) mass is 301 g/mol. The zero-order valence-electron chi connectivity index (χ0n) is 12.6. The van der Waals surface area contributed by atoms with Gasteiger partial charge in [-0.15, -0.1) is 0 Å². The number of benzene rings is 1. The summed E-state index contributed by atoms with van der Waals surface area (Å²) in [4.78, 5) is 24.8. The van der Waals surface area contributed by atoms with Crippen molar-refractivity contribution in [2.45, 2.75) is 26.3 Å². The highest BCUT2D eigenvalue weighted by atomic mass is 16.4. The summed E-state index contributed by atoms with van der Waals surface area (Å²) in [5.41, 5.74) is 1.08. The summed E-state index contributed by atoms with van der Waals surface area (Å²) in [5.74, 6) is -1.40. The van der Waals surface area contributed by atoms with Crippen LogP contribution in [0.4, 0.5) is 0 Å². The quantitative estimate of drug-likeness (QED) is 0.887. The average Bonchev–Trinajstić information content (AvgIpc) is 3.02. The lowest BCUT2D eigenvalue weighted by atomic mass is 10.2. The van der Waals surface area contributed by atoms with E-state index in [0.717, 1.165) is 5.69 Å². The molecule has 0 aliphatic rings. The molecule has 0 aliphatic carbocycles. The SMILES string of the molecule is CCC(C)N(CC(=O)O)C(=O)c1ccn(-c2ccccc2)n1. The zero-order chi connectivity index (χ0) is 16.1. The van der Waals surface area contributed by atoms with Gasteiger partial charge in [0.15, 0.2) is 5.69 Å². The minimum atomic E-state index is -1.03. The van der Waals surface area contributed by atoms with Crippen molar-refractivity contribution in [3.63, 3.8) is 0 Å². The number of hydrogen-bond donors (Lipinski definition) is 1. The van der Waals surface area contributed by atoms with E-state index >= 15 is 0 Å². The highest BCUT2D eigenvalue weighted by Crippen LogP contribution is 2.12. The minimum absolute atomic E-state index is 0.162. The predicted molar refractivity (Wildman–Crippen MR) is 82.0 cm³/mol. The second-order valence-corrected chi connectivity index (χ2v) is 5.07. The highest BCUT2D eigenvalue weighted by Gasteiger charge is 2.24. The molecule has 2 aromatic rings. The second-order valence-electron chi connectivity index (χ2n) is 5.07. The van der Waals surface area contributed by atoms with Crippen LogP contribution in [-0.2, 0) is 4.79 Å². The van der Waals surface area contributed by atoms with Gasteiger partial charge in [0.05, 0.1) is 5.69 Å². The Hall–Kier alpha value is -2.63. The van der Waals surface area contributed by atoms with Gasteiger partial charge in [0.1, 0.15) is 6.54 Å². The summed E-state index contributed by atoms with van der Waals surface area (Å²) >= 11 is 0. The standard InChI is InChI=1S/C16H19N3O3/c1-3-12(2)18(11-15(20)21)16(22)14-9-10-19(17-14)13-7-5-4-6-8-13/h4-10,12H,3,11H2,1-2H3,(H,20,21). The van der Waals surface area contributed by atoms with E-state index in [-0.39, 0.29) is 24.2 Å². The topological polar surface area (TPSA) is 75.4 Å². The van der Waals surface area contributed by atoms with Crippen LogP contribution < -0.4 is 0 Å². The Morgan fingerprint density at radius 1 is 1.27 bits per heavy atom. The van der Waals surface area contributed by atoms with E-state index < -0.39 is 5.97 Å². The molecule has 1 aromatic carbocycles. The van der Waals surface area contributed by atoms with Gasteiger partial charge in [-0.3, -0.25) is 9.59 Å². The van der Waals surface area contributed by atoms with E-state index in [1.54, 1.807) is 16.9 Å². The maximum Gasteiger partial charge on any atom is 0.323 e. The Kier molecular flexibility index (Phi) is 4.93. The Morgan fingerprint density at radius 3 is 2.55 bits per heavy atom. The number of nitrogens with zero attached hydrogens (tertiary/aromatic N) is 3. The van der Waals surface area contributed by atoms with Crippen molar-refractivity contribution in [3.05, 3.63) is 48.3 Å². The number of amides is 1. The first-order chi connectivity index (χ1) is 10.5. The number of carbonyl (C=O) groups excluding carboxylic acids is 1. The van der Waals surface area contributed by atoms with Crippen molar-refractivity contribution in [1.82, 2.24) is 14.7 Å². The fourth-order valence-corrected chi connectivity index (χ4v) is 2.10. The van der Waals surface area contributed by atoms with Gasteiger partial charge in [0.2, 0.25) is 0 Å². The zero-order valence-corrected chi connectivity index (χ0v) is 12.6. The fourth-order valence-electron chi connectivity index (χ4n) is 2.10. The van der Waals surface area contributed by atoms with E-state index in [1.807, 2.05) is 44.2 Å². The van der Waals surface area contributed by atoms with Crippen LogP contribution in [0.25, 0.3) is 5.69 Å². The molecule has 0 bridgehead atoms. The molecule has 22 heavy (non-hydrogen) atoms. The lowest BCUT2D eigenvalue weighted by Crippen LogP contribution is -2.42. The Morgan fingerprint density at radius 2 is 1.95 bits per heavy atom. The molecule has 1 N–H and O–H groups in total. The molecule has 1 atom stereocenters. The number of carboxylic acid groups (broad SMARTS) is 1. The summed E-state index contributed by atoms with van der Waals surface area (Å²) < 4.78 is 1.60. The molecule has 0 saturated heterocycles. The summed E-state index contributed by atoms with van der Waals surface area (Å²) in [6.07, 6.45) is 2.37. The van der Waals surface area contributed by atoms with E-state index in [2.05, 4.69) is 5.10 Å². The third-order valence-corrected chi connectivity index (χ3v) is 3.52. The van der Waals surface area contributed by atoms with Gasteiger partial charge in [-0.25, -0.2) is 4.68 Å². The van der Waals surface area contributed by atoms with Crippen molar-refractivity contribution < 1.29 is 14.7 Å². The number of carbonyl (C=O) groups is 2. The van der Waals surface area contributed by atoms with Crippen LogP contribution in [0, 0.1) is 0 Å². The van der Waals surface area contributed by atoms with Crippen molar-refractivity contribution in [3.8, 4) is 5.69 Å². The van der Waals surface area contributed by atoms with Crippen LogP contribution in [-0.4, -0.2) is 44.3 Å². The maximum absolute atomic E-state index is 12.5. The first-order valence-electron chi connectivity index (χ1n) is 7.16. The summed E-state index contributed by atoms with van der Waals surface area (Å²) in [5, 5.41) is 13.2. The smallest absolute Gasteiger partial charge is 0.323 e. The molecule has 116 valence electrons. The Balaban J connectivity index is 2.24. The molecule has 0 radical (unpaired) electrons. The molecule has 1 heterocycles. The predicted octanol–water partition coefficient (Wildman–Crippen LogP) is 2.20. The third kappa shape index (κ3) is 3.52. The lowest BCUT2D eigenvalue weighted by Gasteiger charge is -2.26. The van der Waals surface area contributed by atoms with E-state index in [9.17, 15) is 9.59 Å². The molecule has 1 aromatic heterocycles. The van der Waals surface area contributed by atoms with Gasteiger partial charge in [0.25, 0.3) is 5.91 Å². The Bertz CT molecular complexity index is 652. The molecule has 1 amide bonds. The molecular formula is C16H19N3O3. The highest BCUT2D eigenvalue weighted by molar-refractivity contribution is 5.94. The summed E-state index contributed by atoms with van der Waals surface area (Å²) in [6, 6.07) is 10.9. The number of aromatic nitrogens is 2. The van der Waals surface area contributed by atoms with Crippen LogP contribution in [0.3, 0.4) is 0 Å². The van der Waals surface area contributed by atoms with Crippen molar-refractivity contribution in [2.24, 2.45) is 0 Å². The second kappa shape index (κ2) is 6.89. The number of hydrogen-bond acceptors (Lipinski definition) is 3.